The summed E-state index contributed by atoms with van der Waals surface area (Å²) < 4.78 is 5.30. The summed E-state index contributed by atoms with van der Waals surface area (Å²) in [4.78, 5) is 4.55. The molecule has 0 spiro atoms. The number of hydrogen-bond donors (Lipinski definition) is 1. The van der Waals surface area contributed by atoms with Crippen LogP contribution in [0.3, 0.4) is 0 Å². The standard InChI is InChI=1S/C15H20N2OS/c1-4-16-14(9-15-17-11(2)10-19-15)12-6-5-7-13(8-12)18-3/h5-8,10,14,16H,4,9H2,1-3H3. The van der Waals surface area contributed by atoms with Crippen molar-refractivity contribution in [3.05, 3.63) is 45.9 Å². The van der Waals surface area contributed by atoms with Crippen molar-refractivity contribution in [3.8, 4) is 5.75 Å². The minimum Gasteiger partial charge on any atom is -0.497 e. The van der Waals surface area contributed by atoms with E-state index in [0.29, 0.717) is 0 Å². The molecule has 0 aliphatic heterocycles. The third-order valence-corrected chi connectivity index (χ3v) is 3.98. The van der Waals surface area contributed by atoms with Gasteiger partial charge in [0.1, 0.15) is 5.75 Å². The van der Waals surface area contributed by atoms with Gasteiger partial charge in [0.25, 0.3) is 0 Å². The predicted molar refractivity (Wildman–Crippen MR) is 80.0 cm³/mol. The largest absolute Gasteiger partial charge is 0.497 e. The van der Waals surface area contributed by atoms with Gasteiger partial charge >= 0.3 is 0 Å². The first-order chi connectivity index (χ1) is 9.22. The molecule has 0 saturated heterocycles. The van der Waals surface area contributed by atoms with Crippen LogP contribution in [0.15, 0.2) is 29.6 Å². The van der Waals surface area contributed by atoms with E-state index in [1.54, 1.807) is 18.4 Å². The number of methoxy groups -OCH3 is 1. The molecule has 19 heavy (non-hydrogen) atoms. The highest BCUT2D eigenvalue weighted by atomic mass is 32.1. The number of nitrogens with one attached hydrogen (secondary N) is 1. The second-order valence-electron chi connectivity index (χ2n) is 4.47. The van der Waals surface area contributed by atoms with Crippen molar-refractivity contribution in [2.75, 3.05) is 13.7 Å². The van der Waals surface area contributed by atoms with E-state index in [9.17, 15) is 0 Å². The lowest BCUT2D eigenvalue weighted by molar-refractivity contribution is 0.413. The molecule has 1 atom stereocenters. The van der Waals surface area contributed by atoms with Crippen LogP contribution in [0, 0.1) is 6.92 Å². The molecule has 0 saturated carbocycles. The fourth-order valence-corrected chi connectivity index (χ4v) is 2.90. The monoisotopic (exact) mass is 276 g/mol. The molecular weight excluding hydrogens is 256 g/mol. The van der Waals surface area contributed by atoms with Gasteiger partial charge in [-0.2, -0.15) is 0 Å². The van der Waals surface area contributed by atoms with E-state index in [1.165, 1.54) is 10.6 Å². The van der Waals surface area contributed by atoms with Crippen molar-refractivity contribution in [1.29, 1.82) is 0 Å². The van der Waals surface area contributed by atoms with Crippen LogP contribution in [0.1, 0.15) is 29.2 Å². The Balaban J connectivity index is 2.18. The maximum absolute atomic E-state index is 5.30. The van der Waals surface area contributed by atoms with Gasteiger partial charge in [-0.25, -0.2) is 4.98 Å². The molecule has 0 aliphatic carbocycles. The molecule has 0 aliphatic rings. The van der Waals surface area contributed by atoms with Gasteiger partial charge in [0, 0.05) is 23.5 Å². The van der Waals surface area contributed by atoms with E-state index in [4.69, 9.17) is 4.74 Å². The van der Waals surface area contributed by atoms with Crippen molar-refractivity contribution >= 4 is 11.3 Å². The van der Waals surface area contributed by atoms with Crippen LogP contribution in [-0.2, 0) is 6.42 Å². The quantitative estimate of drug-likeness (QED) is 0.878. The molecule has 0 radical (unpaired) electrons. The van der Waals surface area contributed by atoms with E-state index >= 15 is 0 Å². The van der Waals surface area contributed by atoms with Crippen LogP contribution in [0.4, 0.5) is 0 Å². The lowest BCUT2D eigenvalue weighted by Crippen LogP contribution is -2.22. The van der Waals surface area contributed by atoms with Crippen LogP contribution in [0.2, 0.25) is 0 Å². The van der Waals surface area contributed by atoms with Crippen LogP contribution in [0.25, 0.3) is 0 Å². The van der Waals surface area contributed by atoms with Crippen LogP contribution in [0.5, 0.6) is 5.75 Å². The summed E-state index contributed by atoms with van der Waals surface area (Å²) >= 11 is 1.73. The first-order valence-corrected chi connectivity index (χ1v) is 7.39. The van der Waals surface area contributed by atoms with Gasteiger partial charge < -0.3 is 10.1 Å². The molecule has 3 nitrogen and oxygen atoms in total. The summed E-state index contributed by atoms with van der Waals surface area (Å²) in [5.74, 6) is 0.899. The Bertz CT molecular complexity index is 524. The molecule has 4 heteroatoms. The van der Waals surface area contributed by atoms with Gasteiger partial charge in [-0.05, 0) is 31.2 Å². The van der Waals surface area contributed by atoms with Gasteiger partial charge in [0.15, 0.2) is 0 Å². The zero-order chi connectivity index (χ0) is 13.7. The predicted octanol–water partition coefficient (Wildman–Crippen LogP) is 3.35. The number of benzene rings is 1. The van der Waals surface area contributed by atoms with Crippen LogP contribution >= 0.6 is 11.3 Å². The molecule has 1 N–H and O–H groups in total. The van der Waals surface area contributed by atoms with E-state index in [2.05, 4.69) is 34.7 Å². The van der Waals surface area contributed by atoms with Crippen molar-refractivity contribution in [2.45, 2.75) is 26.3 Å². The number of likely N-dealkylation sites (N-methyl/N-ethyl adjacent to an activating group) is 1. The average molecular weight is 276 g/mol. The van der Waals surface area contributed by atoms with Gasteiger partial charge in [0.2, 0.25) is 0 Å². The number of nitrogens with zero attached hydrogens (tertiary/aromatic N) is 1. The summed E-state index contributed by atoms with van der Waals surface area (Å²) in [6, 6.07) is 8.51. The van der Waals surface area contributed by atoms with Crippen molar-refractivity contribution in [3.63, 3.8) is 0 Å². The Morgan fingerprint density at radius 2 is 2.26 bits per heavy atom. The molecule has 0 fully saturated rings. The summed E-state index contributed by atoms with van der Waals surface area (Å²) in [5.41, 5.74) is 2.34. The third kappa shape index (κ3) is 3.78. The second-order valence-corrected chi connectivity index (χ2v) is 5.42. The Labute approximate surface area is 118 Å². The zero-order valence-electron chi connectivity index (χ0n) is 11.6. The molecule has 2 rings (SSSR count). The lowest BCUT2D eigenvalue weighted by atomic mass is 10.0. The van der Waals surface area contributed by atoms with Gasteiger partial charge in [-0.1, -0.05) is 19.1 Å². The zero-order valence-corrected chi connectivity index (χ0v) is 12.5. The number of aromatic nitrogens is 1. The number of rotatable bonds is 6. The first kappa shape index (κ1) is 14.0. The topological polar surface area (TPSA) is 34.2 Å². The van der Waals surface area contributed by atoms with Gasteiger partial charge in [0.05, 0.1) is 12.1 Å². The Morgan fingerprint density at radius 1 is 1.42 bits per heavy atom. The molecule has 0 amide bonds. The number of thiazole rings is 1. The van der Waals surface area contributed by atoms with Crippen LogP contribution in [-0.4, -0.2) is 18.6 Å². The van der Waals surface area contributed by atoms with Crippen molar-refractivity contribution in [1.82, 2.24) is 10.3 Å². The third-order valence-electron chi connectivity index (χ3n) is 2.99. The van der Waals surface area contributed by atoms with Crippen LogP contribution < -0.4 is 10.1 Å². The smallest absolute Gasteiger partial charge is 0.119 e. The highest BCUT2D eigenvalue weighted by Gasteiger charge is 2.13. The second kappa shape index (κ2) is 6.68. The summed E-state index contributed by atoms with van der Waals surface area (Å²) in [6.45, 7) is 5.10. The highest BCUT2D eigenvalue weighted by molar-refractivity contribution is 7.09. The summed E-state index contributed by atoms with van der Waals surface area (Å²) in [5, 5.41) is 6.79. The minimum absolute atomic E-state index is 0.283. The number of aryl methyl sites for hydroxylation is 1. The maximum atomic E-state index is 5.30. The number of ether oxygens (including phenoxy) is 1. The summed E-state index contributed by atoms with van der Waals surface area (Å²) in [6.07, 6.45) is 0.916. The lowest BCUT2D eigenvalue weighted by Gasteiger charge is -2.17. The molecule has 2 aromatic rings. The molecule has 1 aromatic carbocycles. The molecule has 102 valence electrons. The molecule has 1 heterocycles. The molecule has 1 aromatic heterocycles. The minimum atomic E-state index is 0.283. The van der Waals surface area contributed by atoms with Crippen molar-refractivity contribution in [2.24, 2.45) is 0 Å². The Kier molecular flexibility index (Phi) is 4.93. The molecular formula is C15H20N2OS. The maximum Gasteiger partial charge on any atom is 0.119 e. The van der Waals surface area contributed by atoms with Gasteiger partial charge in [-0.15, -0.1) is 11.3 Å². The Morgan fingerprint density at radius 3 is 2.89 bits per heavy atom. The normalized spacial score (nSPS) is 12.4. The SMILES string of the molecule is CCNC(Cc1nc(C)cs1)c1cccc(OC)c1. The highest BCUT2D eigenvalue weighted by Crippen LogP contribution is 2.23. The number of hydrogen-bond acceptors (Lipinski definition) is 4. The van der Waals surface area contributed by atoms with E-state index < -0.39 is 0 Å². The Hall–Kier alpha value is -1.39. The van der Waals surface area contributed by atoms with E-state index in [0.717, 1.165) is 24.4 Å². The average Bonchev–Trinajstić information content (AvgIpc) is 2.84. The van der Waals surface area contributed by atoms with Gasteiger partial charge in [-0.3, -0.25) is 0 Å². The summed E-state index contributed by atoms with van der Waals surface area (Å²) in [7, 11) is 1.70. The molecule has 0 bridgehead atoms. The van der Waals surface area contributed by atoms with E-state index in [-0.39, 0.29) is 6.04 Å². The first-order valence-electron chi connectivity index (χ1n) is 6.51. The van der Waals surface area contributed by atoms with E-state index in [1.807, 2.05) is 19.1 Å². The van der Waals surface area contributed by atoms with Crippen molar-refractivity contribution < 1.29 is 4.74 Å². The molecule has 1 unspecified atom stereocenters. The fourth-order valence-electron chi connectivity index (χ4n) is 2.08. The fraction of sp³-hybridized carbons (Fsp3) is 0.400.